The molecule has 0 aliphatic carbocycles. The Hall–Kier alpha value is -0.740. The monoisotopic (exact) mass is 268 g/mol. The van der Waals surface area contributed by atoms with E-state index in [-0.39, 0.29) is 6.17 Å². The van der Waals surface area contributed by atoms with Crippen LogP contribution in [0.15, 0.2) is 22.9 Å². The van der Waals surface area contributed by atoms with Crippen LogP contribution in [0.25, 0.3) is 0 Å². The van der Waals surface area contributed by atoms with Crippen LogP contribution in [0.4, 0.5) is 0 Å². The quantitative estimate of drug-likeness (QED) is 0.650. The van der Waals surface area contributed by atoms with Crippen LogP contribution < -0.4 is 4.90 Å². The molecule has 0 radical (unpaired) electrons. The van der Waals surface area contributed by atoms with Crippen molar-refractivity contribution in [2.24, 2.45) is 22.1 Å². The Labute approximate surface area is 117 Å². The van der Waals surface area contributed by atoms with E-state index in [1.807, 2.05) is 19.9 Å². The first-order chi connectivity index (χ1) is 8.83. The smallest absolute Gasteiger partial charge is 0.205 e. The van der Waals surface area contributed by atoms with Crippen LogP contribution in [0.2, 0.25) is 0 Å². The zero-order valence-electron chi connectivity index (χ0n) is 12.9. The first-order valence-electron chi connectivity index (χ1n) is 7.38. The molecule has 0 spiro atoms. The lowest BCUT2D eigenvalue weighted by atomic mass is 9.86. The molecule has 4 heteroatoms. The van der Waals surface area contributed by atoms with E-state index in [9.17, 15) is 5.11 Å². The fourth-order valence-corrected chi connectivity index (χ4v) is 2.75. The third-order valence-electron chi connectivity index (χ3n) is 3.63. The number of hydrogen-bond donors (Lipinski definition) is 2. The lowest BCUT2D eigenvalue weighted by Crippen LogP contribution is -3.14. The Balaban J connectivity index is 2.70. The topological polar surface area (TPSA) is 49.4 Å². The van der Waals surface area contributed by atoms with Gasteiger partial charge in [-0.05, 0) is 38.7 Å². The van der Waals surface area contributed by atoms with Crippen LogP contribution in [0.1, 0.15) is 47.0 Å². The molecular weight excluding hydrogens is 238 g/mol. The van der Waals surface area contributed by atoms with Crippen molar-refractivity contribution in [3.63, 3.8) is 0 Å². The van der Waals surface area contributed by atoms with Crippen molar-refractivity contribution in [3.05, 3.63) is 12.7 Å². The van der Waals surface area contributed by atoms with Crippen molar-refractivity contribution < 1.29 is 10.0 Å². The number of aliphatic hydroxyl groups is 1. The summed E-state index contributed by atoms with van der Waals surface area (Å²) >= 11 is 0. The average molecular weight is 268 g/mol. The zero-order valence-corrected chi connectivity index (χ0v) is 12.9. The highest BCUT2D eigenvalue weighted by molar-refractivity contribution is 4.78. The van der Waals surface area contributed by atoms with Crippen LogP contribution >= 0.6 is 0 Å². The second-order valence-electron chi connectivity index (χ2n) is 6.76. The van der Waals surface area contributed by atoms with Crippen molar-refractivity contribution >= 4 is 0 Å². The largest absolute Gasteiger partial charge is 0.390 e. The molecule has 0 amide bonds. The van der Waals surface area contributed by atoms with Gasteiger partial charge in [0.1, 0.15) is 0 Å². The second kappa shape index (κ2) is 7.15. The van der Waals surface area contributed by atoms with E-state index < -0.39 is 5.60 Å². The van der Waals surface area contributed by atoms with E-state index in [0.29, 0.717) is 11.8 Å². The fourth-order valence-electron chi connectivity index (χ4n) is 2.75. The molecule has 1 heterocycles. The lowest BCUT2D eigenvalue weighted by molar-refractivity contribution is -0.913. The summed E-state index contributed by atoms with van der Waals surface area (Å²) in [5, 5.41) is 18.8. The van der Waals surface area contributed by atoms with Gasteiger partial charge in [-0.25, -0.2) is 0 Å². The molecule has 1 aliphatic rings. The van der Waals surface area contributed by atoms with Crippen LogP contribution in [-0.2, 0) is 0 Å². The fraction of sp³-hybridized carbons (Fsp3) is 0.867. The van der Waals surface area contributed by atoms with Crippen molar-refractivity contribution in [1.29, 1.82) is 0 Å². The minimum atomic E-state index is -0.640. The normalized spacial score (nSPS) is 24.9. The predicted molar refractivity (Wildman–Crippen MR) is 78.0 cm³/mol. The molecule has 2 N–H and O–H groups in total. The van der Waals surface area contributed by atoms with E-state index in [4.69, 9.17) is 0 Å². The van der Waals surface area contributed by atoms with Gasteiger partial charge >= 0.3 is 0 Å². The molecule has 1 rings (SSSR count). The van der Waals surface area contributed by atoms with Crippen molar-refractivity contribution in [2.75, 3.05) is 13.2 Å². The number of nitrogens with one attached hydrogen (secondary N) is 1. The molecular formula is C15H30N3O+. The summed E-state index contributed by atoms with van der Waals surface area (Å²) in [5.41, 5.74) is -0.640. The first kappa shape index (κ1) is 16.3. The number of quaternary nitrogens is 1. The maximum atomic E-state index is 10.1. The number of rotatable bonds is 8. The molecule has 0 saturated heterocycles. The molecule has 110 valence electrons. The summed E-state index contributed by atoms with van der Waals surface area (Å²) in [4.78, 5) is 1.35. The number of nitrogens with zero attached hydrogens (tertiary/aromatic N) is 2. The van der Waals surface area contributed by atoms with E-state index in [2.05, 4.69) is 30.7 Å². The average Bonchev–Trinajstić information content (AvgIpc) is 2.71. The molecule has 0 aromatic carbocycles. The maximum absolute atomic E-state index is 10.1. The van der Waals surface area contributed by atoms with Gasteiger partial charge in [-0.3, -0.25) is 4.90 Å². The lowest BCUT2D eigenvalue weighted by Gasteiger charge is -2.30. The minimum Gasteiger partial charge on any atom is -0.390 e. The molecule has 0 aromatic rings. The summed E-state index contributed by atoms with van der Waals surface area (Å²) in [5.74, 6) is 1.08. The Kier molecular flexibility index (Phi) is 6.14. The zero-order chi connectivity index (χ0) is 14.5. The molecule has 19 heavy (non-hydrogen) atoms. The predicted octanol–water partition coefficient (Wildman–Crippen LogP) is 2.02. The molecule has 0 fully saturated rings. The SMILES string of the molecule is C=CC[NH+]1CN=N[C@@H]1[C@@H](CCC(C)C)CC(C)(C)O. The van der Waals surface area contributed by atoms with Gasteiger partial charge in [-0.15, -0.1) is 10.2 Å². The highest BCUT2D eigenvalue weighted by Gasteiger charge is 2.36. The van der Waals surface area contributed by atoms with Gasteiger partial charge in [0.05, 0.1) is 12.1 Å². The highest BCUT2D eigenvalue weighted by atomic mass is 16.3. The minimum absolute atomic E-state index is 0.183. The third-order valence-corrected chi connectivity index (χ3v) is 3.63. The number of azo groups is 1. The third kappa shape index (κ3) is 5.83. The standard InChI is InChI=1S/C15H29N3O/c1-6-9-18-11-16-17-14(18)13(8-7-12(2)3)10-15(4,5)19/h6,12-14,19H,1,7-11H2,2-5H3/p+1/t13-,14-/m0/s1. The molecule has 0 bridgehead atoms. The van der Waals surface area contributed by atoms with Crippen LogP contribution in [0.3, 0.4) is 0 Å². The molecule has 0 aromatic heterocycles. The van der Waals surface area contributed by atoms with E-state index in [1.54, 1.807) is 0 Å². The Bertz CT molecular complexity index is 307. The van der Waals surface area contributed by atoms with Crippen LogP contribution in [0, 0.1) is 11.8 Å². The van der Waals surface area contributed by atoms with Gasteiger partial charge in [-0.2, -0.15) is 0 Å². The molecule has 4 nitrogen and oxygen atoms in total. The summed E-state index contributed by atoms with van der Waals surface area (Å²) in [7, 11) is 0. The summed E-state index contributed by atoms with van der Waals surface area (Å²) in [6.45, 7) is 13.7. The molecule has 1 aliphatic heterocycles. The Morgan fingerprint density at radius 3 is 2.63 bits per heavy atom. The Morgan fingerprint density at radius 2 is 2.11 bits per heavy atom. The van der Waals surface area contributed by atoms with Crippen molar-refractivity contribution in [2.45, 2.75) is 58.7 Å². The number of hydrogen-bond acceptors (Lipinski definition) is 3. The van der Waals surface area contributed by atoms with Crippen LogP contribution in [0.5, 0.6) is 0 Å². The highest BCUT2D eigenvalue weighted by Crippen LogP contribution is 2.26. The summed E-state index contributed by atoms with van der Waals surface area (Å²) in [6.07, 6.45) is 5.18. The van der Waals surface area contributed by atoms with Crippen molar-refractivity contribution in [1.82, 2.24) is 0 Å². The van der Waals surface area contributed by atoms with Crippen molar-refractivity contribution in [3.8, 4) is 0 Å². The second-order valence-corrected chi connectivity index (χ2v) is 6.76. The van der Waals surface area contributed by atoms with Gasteiger partial charge in [0.25, 0.3) is 0 Å². The van der Waals surface area contributed by atoms with E-state index in [0.717, 1.165) is 26.1 Å². The molecule has 3 atom stereocenters. The van der Waals surface area contributed by atoms with Gasteiger partial charge in [0, 0.05) is 5.92 Å². The molecule has 1 unspecified atom stereocenters. The Morgan fingerprint density at radius 1 is 1.42 bits per heavy atom. The summed E-state index contributed by atoms with van der Waals surface area (Å²) in [6, 6.07) is 0. The van der Waals surface area contributed by atoms with E-state index >= 15 is 0 Å². The van der Waals surface area contributed by atoms with Gasteiger partial charge in [0.2, 0.25) is 6.17 Å². The van der Waals surface area contributed by atoms with E-state index in [1.165, 1.54) is 11.3 Å². The first-order valence-corrected chi connectivity index (χ1v) is 7.38. The van der Waals surface area contributed by atoms with Crippen LogP contribution in [-0.4, -0.2) is 30.1 Å². The van der Waals surface area contributed by atoms with Gasteiger partial charge < -0.3 is 5.11 Å². The van der Waals surface area contributed by atoms with Gasteiger partial charge in [0.15, 0.2) is 6.67 Å². The maximum Gasteiger partial charge on any atom is 0.205 e. The van der Waals surface area contributed by atoms with Gasteiger partial charge in [-0.1, -0.05) is 26.8 Å². The summed E-state index contributed by atoms with van der Waals surface area (Å²) < 4.78 is 0. The molecule has 0 saturated carbocycles.